The van der Waals surface area contributed by atoms with Crippen molar-refractivity contribution in [3.05, 3.63) is 35.2 Å². The molecule has 1 atom stereocenters. The van der Waals surface area contributed by atoms with Gasteiger partial charge < -0.3 is 10.5 Å². The fourth-order valence-electron chi connectivity index (χ4n) is 1.55. The molecule has 3 N–H and O–H groups in total. The van der Waals surface area contributed by atoms with Crippen molar-refractivity contribution in [3.8, 4) is 5.75 Å². The summed E-state index contributed by atoms with van der Waals surface area (Å²) in [6.45, 7) is 1.96. The molecule has 0 fully saturated rings. The van der Waals surface area contributed by atoms with Crippen LogP contribution >= 0.6 is 0 Å². The fourth-order valence-corrected chi connectivity index (χ4v) is 1.55. The van der Waals surface area contributed by atoms with Crippen molar-refractivity contribution in [2.24, 2.45) is 5.73 Å². The zero-order chi connectivity index (χ0) is 11.5. The Bertz CT molecular complexity index is 468. The van der Waals surface area contributed by atoms with Crippen LogP contribution in [0.5, 0.6) is 5.75 Å². The number of hydrogen-bond donors (Lipinski definition) is 2. The second-order valence-electron chi connectivity index (χ2n) is 3.48. The third-order valence-electron chi connectivity index (χ3n) is 2.42. The van der Waals surface area contributed by atoms with Gasteiger partial charge in [-0.1, -0.05) is 17.3 Å². The minimum atomic E-state index is -0.372. The summed E-state index contributed by atoms with van der Waals surface area (Å²) in [6, 6.07) is 5.36. The van der Waals surface area contributed by atoms with E-state index in [-0.39, 0.29) is 6.04 Å². The molecule has 1 heterocycles. The minimum Gasteiger partial charge on any atom is -0.496 e. The van der Waals surface area contributed by atoms with E-state index in [0.29, 0.717) is 5.82 Å². The first-order chi connectivity index (χ1) is 7.72. The number of aryl methyl sites for hydroxylation is 1. The number of nitrogens with two attached hydrogens (primary N) is 1. The summed E-state index contributed by atoms with van der Waals surface area (Å²) < 4.78 is 5.18. The van der Waals surface area contributed by atoms with Crippen molar-refractivity contribution in [2.45, 2.75) is 13.0 Å². The van der Waals surface area contributed by atoms with Crippen LogP contribution in [0.15, 0.2) is 18.2 Å². The van der Waals surface area contributed by atoms with Gasteiger partial charge in [-0.2, -0.15) is 5.21 Å². The number of benzene rings is 1. The molecule has 6 heteroatoms. The molecule has 2 aromatic rings. The Balaban J connectivity index is 2.31. The van der Waals surface area contributed by atoms with Crippen LogP contribution in [-0.2, 0) is 0 Å². The van der Waals surface area contributed by atoms with Gasteiger partial charge in [0.2, 0.25) is 0 Å². The average molecular weight is 219 g/mol. The van der Waals surface area contributed by atoms with E-state index in [0.717, 1.165) is 16.9 Å². The predicted octanol–water partition coefficient (Wildman–Crippen LogP) is 0.565. The lowest BCUT2D eigenvalue weighted by Gasteiger charge is -2.10. The molecule has 1 unspecified atom stereocenters. The van der Waals surface area contributed by atoms with Crippen molar-refractivity contribution in [1.29, 1.82) is 0 Å². The van der Waals surface area contributed by atoms with Crippen LogP contribution in [0.2, 0.25) is 0 Å². The molecule has 16 heavy (non-hydrogen) atoms. The van der Waals surface area contributed by atoms with Crippen molar-refractivity contribution in [1.82, 2.24) is 20.6 Å². The SMILES string of the molecule is COc1ccc(C(N)c2nn[nH]n2)cc1C. The quantitative estimate of drug-likeness (QED) is 0.787. The van der Waals surface area contributed by atoms with Gasteiger partial charge >= 0.3 is 0 Å². The van der Waals surface area contributed by atoms with E-state index in [9.17, 15) is 0 Å². The maximum absolute atomic E-state index is 6.00. The summed E-state index contributed by atoms with van der Waals surface area (Å²) >= 11 is 0. The van der Waals surface area contributed by atoms with E-state index in [4.69, 9.17) is 10.5 Å². The Morgan fingerprint density at radius 1 is 1.44 bits per heavy atom. The number of tetrazole rings is 1. The molecule has 6 nitrogen and oxygen atoms in total. The number of hydrogen-bond acceptors (Lipinski definition) is 5. The number of nitrogens with zero attached hydrogens (tertiary/aromatic N) is 3. The monoisotopic (exact) mass is 219 g/mol. The topological polar surface area (TPSA) is 89.7 Å². The first kappa shape index (κ1) is 10.6. The highest BCUT2D eigenvalue weighted by Crippen LogP contribution is 2.23. The number of ether oxygens (including phenoxy) is 1. The second kappa shape index (κ2) is 4.28. The van der Waals surface area contributed by atoms with Gasteiger partial charge in [0.05, 0.1) is 13.2 Å². The van der Waals surface area contributed by atoms with Gasteiger partial charge in [-0.25, -0.2) is 0 Å². The molecule has 2 rings (SSSR count). The van der Waals surface area contributed by atoms with E-state index in [1.807, 2.05) is 25.1 Å². The molecule has 84 valence electrons. The van der Waals surface area contributed by atoms with E-state index < -0.39 is 0 Å². The summed E-state index contributed by atoms with van der Waals surface area (Å²) in [5.41, 5.74) is 7.95. The third kappa shape index (κ3) is 1.87. The first-order valence-corrected chi connectivity index (χ1v) is 4.86. The summed E-state index contributed by atoms with van der Waals surface area (Å²) in [7, 11) is 1.64. The second-order valence-corrected chi connectivity index (χ2v) is 3.48. The summed E-state index contributed by atoms with van der Waals surface area (Å²) in [4.78, 5) is 0. The zero-order valence-corrected chi connectivity index (χ0v) is 9.14. The van der Waals surface area contributed by atoms with Crippen molar-refractivity contribution >= 4 is 0 Å². The molecule has 0 saturated heterocycles. The smallest absolute Gasteiger partial charge is 0.195 e. The largest absolute Gasteiger partial charge is 0.496 e. The minimum absolute atomic E-state index is 0.372. The molecule has 0 aliphatic carbocycles. The summed E-state index contributed by atoms with van der Waals surface area (Å²) in [5.74, 6) is 1.31. The van der Waals surface area contributed by atoms with Gasteiger partial charge in [0.1, 0.15) is 5.75 Å². The molecular formula is C10H13N5O. The maximum Gasteiger partial charge on any atom is 0.195 e. The number of H-pyrrole nitrogens is 1. The Labute approximate surface area is 92.8 Å². The molecule has 0 saturated carbocycles. The lowest BCUT2D eigenvalue weighted by atomic mass is 10.0. The molecule has 0 aliphatic heterocycles. The Hall–Kier alpha value is -1.95. The number of methoxy groups -OCH3 is 1. The van der Waals surface area contributed by atoms with Gasteiger partial charge in [-0.15, -0.1) is 10.2 Å². The lowest BCUT2D eigenvalue weighted by Crippen LogP contribution is -2.14. The van der Waals surface area contributed by atoms with Crippen LogP contribution in [0.25, 0.3) is 0 Å². The Kier molecular flexibility index (Phi) is 2.82. The molecular weight excluding hydrogens is 206 g/mol. The van der Waals surface area contributed by atoms with Gasteiger partial charge in [-0.3, -0.25) is 0 Å². The van der Waals surface area contributed by atoms with Crippen molar-refractivity contribution in [3.63, 3.8) is 0 Å². The normalized spacial score (nSPS) is 12.4. The molecule has 0 radical (unpaired) electrons. The summed E-state index contributed by atoms with van der Waals surface area (Å²) in [6.07, 6.45) is 0. The highest BCUT2D eigenvalue weighted by Gasteiger charge is 2.14. The molecule has 0 aliphatic rings. The molecule has 1 aromatic carbocycles. The van der Waals surface area contributed by atoms with Crippen LogP contribution < -0.4 is 10.5 Å². The van der Waals surface area contributed by atoms with Crippen LogP contribution in [-0.4, -0.2) is 27.7 Å². The standard InChI is InChI=1S/C10H13N5O/c1-6-5-7(3-4-8(6)16-2)9(11)10-12-14-15-13-10/h3-5,9H,11H2,1-2H3,(H,12,13,14,15). The van der Waals surface area contributed by atoms with E-state index in [2.05, 4.69) is 20.6 Å². The maximum atomic E-state index is 6.00. The predicted molar refractivity (Wildman–Crippen MR) is 57.9 cm³/mol. The molecule has 0 bridgehead atoms. The molecule has 0 spiro atoms. The van der Waals surface area contributed by atoms with E-state index in [1.54, 1.807) is 7.11 Å². The number of rotatable bonds is 3. The number of aromatic amines is 1. The third-order valence-corrected chi connectivity index (χ3v) is 2.42. The Morgan fingerprint density at radius 3 is 2.81 bits per heavy atom. The molecule has 0 amide bonds. The Morgan fingerprint density at radius 2 is 2.25 bits per heavy atom. The highest BCUT2D eigenvalue weighted by molar-refractivity contribution is 5.38. The summed E-state index contributed by atoms with van der Waals surface area (Å²) in [5, 5.41) is 13.6. The van der Waals surface area contributed by atoms with Crippen molar-refractivity contribution in [2.75, 3.05) is 7.11 Å². The number of aromatic nitrogens is 4. The van der Waals surface area contributed by atoms with Gasteiger partial charge in [0.15, 0.2) is 5.82 Å². The lowest BCUT2D eigenvalue weighted by molar-refractivity contribution is 0.411. The zero-order valence-electron chi connectivity index (χ0n) is 9.14. The van der Waals surface area contributed by atoms with E-state index >= 15 is 0 Å². The molecule has 1 aromatic heterocycles. The van der Waals surface area contributed by atoms with Crippen LogP contribution in [0.4, 0.5) is 0 Å². The van der Waals surface area contributed by atoms with Gasteiger partial charge in [0.25, 0.3) is 0 Å². The first-order valence-electron chi connectivity index (χ1n) is 4.86. The van der Waals surface area contributed by atoms with Gasteiger partial charge in [-0.05, 0) is 24.1 Å². The number of nitrogens with one attached hydrogen (secondary N) is 1. The highest BCUT2D eigenvalue weighted by atomic mass is 16.5. The fraction of sp³-hybridized carbons (Fsp3) is 0.300. The average Bonchev–Trinajstić information content (AvgIpc) is 2.81. The van der Waals surface area contributed by atoms with Crippen LogP contribution in [0, 0.1) is 6.92 Å². The van der Waals surface area contributed by atoms with Crippen molar-refractivity contribution < 1.29 is 4.74 Å². The van der Waals surface area contributed by atoms with E-state index in [1.165, 1.54) is 0 Å². The van der Waals surface area contributed by atoms with Crippen LogP contribution in [0.3, 0.4) is 0 Å². The van der Waals surface area contributed by atoms with Crippen LogP contribution in [0.1, 0.15) is 23.0 Å². The van der Waals surface area contributed by atoms with Gasteiger partial charge in [0, 0.05) is 0 Å².